The van der Waals surface area contributed by atoms with E-state index in [2.05, 4.69) is 50.1 Å². The standard InChI is InChI=1S/C16H22N2OS/c1-5-17-15-18-10-14(20-15)11-19-13-8-6-12(7-9-13)16(2,3)4/h6-10H,5,11H2,1-4H3,(H,17,18). The van der Waals surface area contributed by atoms with Crippen molar-refractivity contribution in [1.82, 2.24) is 4.98 Å². The normalized spacial score (nSPS) is 11.4. The van der Waals surface area contributed by atoms with Gasteiger partial charge in [-0.05, 0) is 30.0 Å². The number of hydrogen-bond acceptors (Lipinski definition) is 4. The van der Waals surface area contributed by atoms with Crippen LogP contribution >= 0.6 is 11.3 Å². The predicted octanol–water partition coefficient (Wildman–Crippen LogP) is 4.45. The summed E-state index contributed by atoms with van der Waals surface area (Å²) >= 11 is 1.64. The molecule has 2 rings (SSSR count). The average Bonchev–Trinajstić information content (AvgIpc) is 2.84. The van der Waals surface area contributed by atoms with Gasteiger partial charge >= 0.3 is 0 Å². The Kier molecular flexibility index (Phi) is 4.65. The number of nitrogens with zero attached hydrogens (tertiary/aromatic N) is 1. The van der Waals surface area contributed by atoms with Crippen LogP contribution in [-0.2, 0) is 12.0 Å². The van der Waals surface area contributed by atoms with Crippen molar-refractivity contribution in [3.05, 3.63) is 40.9 Å². The Morgan fingerprint density at radius 2 is 1.90 bits per heavy atom. The summed E-state index contributed by atoms with van der Waals surface area (Å²) in [6, 6.07) is 8.33. The van der Waals surface area contributed by atoms with Crippen molar-refractivity contribution in [2.45, 2.75) is 39.7 Å². The van der Waals surface area contributed by atoms with Crippen LogP contribution in [-0.4, -0.2) is 11.5 Å². The monoisotopic (exact) mass is 290 g/mol. The number of aromatic nitrogens is 1. The molecule has 0 bridgehead atoms. The highest BCUT2D eigenvalue weighted by Crippen LogP contribution is 2.25. The molecule has 0 unspecified atom stereocenters. The zero-order valence-electron chi connectivity index (χ0n) is 12.6. The molecule has 0 saturated carbocycles. The lowest BCUT2D eigenvalue weighted by Crippen LogP contribution is -2.10. The van der Waals surface area contributed by atoms with Crippen LogP contribution in [0.3, 0.4) is 0 Å². The van der Waals surface area contributed by atoms with Crippen molar-refractivity contribution >= 4 is 16.5 Å². The molecule has 20 heavy (non-hydrogen) atoms. The summed E-state index contributed by atoms with van der Waals surface area (Å²) in [6.45, 7) is 10.2. The van der Waals surface area contributed by atoms with E-state index in [9.17, 15) is 0 Å². The largest absolute Gasteiger partial charge is 0.488 e. The number of ether oxygens (including phenoxy) is 1. The molecule has 0 saturated heterocycles. The fourth-order valence-corrected chi connectivity index (χ4v) is 2.61. The van der Waals surface area contributed by atoms with Crippen LogP contribution in [0, 0.1) is 0 Å². The zero-order valence-corrected chi connectivity index (χ0v) is 13.4. The van der Waals surface area contributed by atoms with Crippen molar-refractivity contribution in [3.63, 3.8) is 0 Å². The van der Waals surface area contributed by atoms with Gasteiger partial charge in [-0.25, -0.2) is 4.98 Å². The molecular weight excluding hydrogens is 268 g/mol. The highest BCUT2D eigenvalue weighted by atomic mass is 32.1. The van der Waals surface area contributed by atoms with E-state index >= 15 is 0 Å². The topological polar surface area (TPSA) is 34.2 Å². The van der Waals surface area contributed by atoms with Crippen LogP contribution in [0.25, 0.3) is 0 Å². The lowest BCUT2D eigenvalue weighted by atomic mass is 9.87. The number of thiazole rings is 1. The number of nitrogens with one attached hydrogen (secondary N) is 1. The van der Waals surface area contributed by atoms with E-state index in [1.54, 1.807) is 11.3 Å². The van der Waals surface area contributed by atoms with E-state index in [1.165, 1.54) is 5.56 Å². The first-order valence-electron chi connectivity index (χ1n) is 6.91. The molecule has 1 aromatic heterocycles. The first-order valence-corrected chi connectivity index (χ1v) is 7.72. The van der Waals surface area contributed by atoms with Gasteiger partial charge in [-0.15, -0.1) is 0 Å². The summed E-state index contributed by atoms with van der Waals surface area (Å²) < 4.78 is 5.79. The fraction of sp³-hybridized carbons (Fsp3) is 0.438. The van der Waals surface area contributed by atoms with Crippen LogP contribution < -0.4 is 10.1 Å². The minimum atomic E-state index is 0.178. The molecule has 0 atom stereocenters. The number of rotatable bonds is 5. The molecule has 0 amide bonds. The molecule has 0 aliphatic carbocycles. The van der Waals surface area contributed by atoms with Crippen molar-refractivity contribution in [2.75, 3.05) is 11.9 Å². The second-order valence-corrected chi connectivity index (χ2v) is 6.84. The van der Waals surface area contributed by atoms with Crippen LogP contribution in [0.2, 0.25) is 0 Å². The van der Waals surface area contributed by atoms with Crippen molar-refractivity contribution in [3.8, 4) is 5.75 Å². The third-order valence-electron chi connectivity index (χ3n) is 2.98. The van der Waals surface area contributed by atoms with Gasteiger partial charge in [-0.3, -0.25) is 0 Å². The van der Waals surface area contributed by atoms with Gasteiger partial charge in [0.15, 0.2) is 5.13 Å². The third kappa shape index (κ3) is 3.97. The Balaban J connectivity index is 1.93. The summed E-state index contributed by atoms with van der Waals surface area (Å²) in [6.07, 6.45) is 1.87. The van der Waals surface area contributed by atoms with Crippen LogP contribution in [0.1, 0.15) is 38.1 Å². The summed E-state index contributed by atoms with van der Waals surface area (Å²) in [7, 11) is 0. The molecule has 1 heterocycles. The molecule has 0 aliphatic heterocycles. The summed E-state index contributed by atoms with van der Waals surface area (Å²) in [5.41, 5.74) is 1.49. The molecule has 2 aromatic rings. The quantitative estimate of drug-likeness (QED) is 0.883. The molecule has 0 fully saturated rings. The Morgan fingerprint density at radius 1 is 1.20 bits per heavy atom. The maximum Gasteiger partial charge on any atom is 0.182 e. The van der Waals surface area contributed by atoms with E-state index in [0.717, 1.165) is 22.3 Å². The lowest BCUT2D eigenvalue weighted by Gasteiger charge is -2.19. The molecule has 1 N–H and O–H groups in total. The Bertz CT molecular complexity index is 540. The highest BCUT2D eigenvalue weighted by molar-refractivity contribution is 7.15. The maximum absolute atomic E-state index is 5.79. The number of hydrogen-bond donors (Lipinski definition) is 1. The van der Waals surface area contributed by atoms with Crippen LogP contribution in [0.15, 0.2) is 30.5 Å². The molecular formula is C16H22N2OS. The lowest BCUT2D eigenvalue weighted by molar-refractivity contribution is 0.309. The van der Waals surface area contributed by atoms with Crippen LogP contribution in [0.5, 0.6) is 5.75 Å². The molecule has 108 valence electrons. The summed E-state index contributed by atoms with van der Waals surface area (Å²) in [5.74, 6) is 0.899. The minimum Gasteiger partial charge on any atom is -0.488 e. The van der Waals surface area contributed by atoms with Crippen molar-refractivity contribution in [2.24, 2.45) is 0 Å². The van der Waals surface area contributed by atoms with Crippen LogP contribution in [0.4, 0.5) is 5.13 Å². The van der Waals surface area contributed by atoms with Gasteiger partial charge in [0.1, 0.15) is 12.4 Å². The van der Waals surface area contributed by atoms with Gasteiger partial charge in [-0.2, -0.15) is 0 Å². The smallest absolute Gasteiger partial charge is 0.182 e. The molecule has 3 nitrogen and oxygen atoms in total. The van der Waals surface area contributed by atoms with Gasteiger partial charge in [0.05, 0.1) is 4.88 Å². The van der Waals surface area contributed by atoms with E-state index in [-0.39, 0.29) is 5.41 Å². The minimum absolute atomic E-state index is 0.178. The SMILES string of the molecule is CCNc1ncc(COc2ccc(C(C)(C)C)cc2)s1. The van der Waals surface area contributed by atoms with Crippen molar-refractivity contribution in [1.29, 1.82) is 0 Å². The number of anilines is 1. The Hall–Kier alpha value is -1.55. The van der Waals surface area contributed by atoms with Gasteiger partial charge in [0.25, 0.3) is 0 Å². The highest BCUT2D eigenvalue weighted by Gasteiger charge is 2.13. The van der Waals surface area contributed by atoms with E-state index in [1.807, 2.05) is 18.3 Å². The molecule has 1 aromatic carbocycles. The first-order chi connectivity index (χ1) is 9.49. The van der Waals surface area contributed by atoms with Gasteiger partial charge in [0, 0.05) is 12.7 Å². The second-order valence-electron chi connectivity index (χ2n) is 5.73. The average molecular weight is 290 g/mol. The summed E-state index contributed by atoms with van der Waals surface area (Å²) in [5, 5.41) is 4.15. The fourth-order valence-electron chi connectivity index (χ4n) is 1.81. The third-order valence-corrected chi connectivity index (χ3v) is 3.91. The number of benzene rings is 1. The maximum atomic E-state index is 5.79. The first kappa shape index (κ1) is 14.9. The summed E-state index contributed by atoms with van der Waals surface area (Å²) in [4.78, 5) is 5.42. The van der Waals surface area contributed by atoms with E-state index < -0.39 is 0 Å². The second kappa shape index (κ2) is 6.27. The molecule has 0 spiro atoms. The van der Waals surface area contributed by atoms with Gasteiger partial charge < -0.3 is 10.1 Å². The Labute approximate surface area is 125 Å². The van der Waals surface area contributed by atoms with Crippen molar-refractivity contribution < 1.29 is 4.74 Å². The van der Waals surface area contributed by atoms with E-state index in [0.29, 0.717) is 6.61 Å². The van der Waals surface area contributed by atoms with Gasteiger partial charge in [0.2, 0.25) is 0 Å². The Morgan fingerprint density at radius 3 is 2.50 bits per heavy atom. The molecule has 0 radical (unpaired) electrons. The van der Waals surface area contributed by atoms with Gasteiger partial charge in [-0.1, -0.05) is 44.2 Å². The molecule has 4 heteroatoms. The van der Waals surface area contributed by atoms with E-state index in [4.69, 9.17) is 4.74 Å². The molecule has 0 aliphatic rings. The zero-order chi connectivity index (χ0) is 14.6. The predicted molar refractivity (Wildman–Crippen MR) is 85.8 cm³/mol.